The maximum Gasteiger partial charge on any atom is 0.437 e. The van der Waals surface area contributed by atoms with Gasteiger partial charge < -0.3 is 15.7 Å². The van der Waals surface area contributed by atoms with E-state index in [4.69, 9.17) is 0 Å². The van der Waals surface area contributed by atoms with Crippen LogP contribution in [0.1, 0.15) is 27.5 Å². The molecule has 1 aliphatic rings. The second kappa shape index (κ2) is 7.27. The van der Waals surface area contributed by atoms with E-state index in [-0.39, 0.29) is 5.56 Å². The van der Waals surface area contributed by atoms with Crippen molar-refractivity contribution < 1.29 is 41.0 Å². The molecule has 0 aliphatic carbocycles. The number of halogens is 6. The SMILES string of the molecule is O=C1N[C@H](c2cccc(C(F)(F)F)c2)[C@@H](C(=O)c2cccnc2)[C@@](O)(C(F)(F)F)N1. The number of urea groups is 1. The Bertz CT molecular complexity index is 964. The lowest BCUT2D eigenvalue weighted by Gasteiger charge is -2.45. The van der Waals surface area contributed by atoms with Gasteiger partial charge in [-0.1, -0.05) is 12.1 Å². The normalized spacial score (nSPS) is 24.7. The predicted octanol–water partition coefficient (Wildman–Crippen LogP) is 3.20. The van der Waals surface area contributed by atoms with Gasteiger partial charge in [0.2, 0.25) is 5.72 Å². The van der Waals surface area contributed by atoms with E-state index in [0.717, 1.165) is 24.4 Å². The Balaban J connectivity index is 2.18. The molecule has 2 amide bonds. The lowest BCUT2D eigenvalue weighted by molar-refractivity contribution is -0.287. The molecular weight excluding hydrogens is 420 g/mol. The van der Waals surface area contributed by atoms with Crippen LogP contribution in [0.25, 0.3) is 0 Å². The quantitative estimate of drug-likeness (QED) is 0.512. The van der Waals surface area contributed by atoms with Crippen LogP contribution in [-0.4, -0.2) is 33.8 Å². The summed E-state index contributed by atoms with van der Waals surface area (Å²) in [4.78, 5) is 28.4. The first-order valence-corrected chi connectivity index (χ1v) is 8.34. The summed E-state index contributed by atoms with van der Waals surface area (Å²) in [5.41, 5.74) is -6.01. The van der Waals surface area contributed by atoms with Crippen LogP contribution in [0.2, 0.25) is 0 Å². The molecule has 3 atom stereocenters. The van der Waals surface area contributed by atoms with Crippen molar-refractivity contribution in [3.8, 4) is 0 Å². The first kappa shape index (κ1) is 21.6. The molecule has 160 valence electrons. The van der Waals surface area contributed by atoms with Gasteiger partial charge in [-0.05, 0) is 29.8 Å². The Morgan fingerprint density at radius 1 is 1.10 bits per heavy atom. The predicted molar refractivity (Wildman–Crippen MR) is 88.9 cm³/mol. The van der Waals surface area contributed by atoms with Crippen molar-refractivity contribution in [2.24, 2.45) is 5.92 Å². The zero-order valence-electron chi connectivity index (χ0n) is 14.8. The average Bonchev–Trinajstić information content (AvgIpc) is 2.66. The highest BCUT2D eigenvalue weighted by Gasteiger charge is 2.66. The number of benzene rings is 1. The van der Waals surface area contributed by atoms with Gasteiger partial charge in [0.25, 0.3) is 0 Å². The maximum atomic E-state index is 13.7. The van der Waals surface area contributed by atoms with E-state index in [1.807, 2.05) is 5.32 Å². The molecule has 3 N–H and O–H groups in total. The van der Waals surface area contributed by atoms with Crippen LogP contribution in [0.3, 0.4) is 0 Å². The van der Waals surface area contributed by atoms with Gasteiger partial charge in [-0.2, -0.15) is 26.3 Å². The maximum absolute atomic E-state index is 13.7. The third kappa shape index (κ3) is 3.82. The molecular formula is C18H13F6N3O3. The van der Waals surface area contributed by atoms with Gasteiger partial charge >= 0.3 is 18.4 Å². The molecule has 1 aliphatic heterocycles. The largest absolute Gasteiger partial charge is 0.437 e. The number of hydrogen-bond acceptors (Lipinski definition) is 4. The smallest absolute Gasteiger partial charge is 0.363 e. The second-order valence-electron chi connectivity index (χ2n) is 6.55. The van der Waals surface area contributed by atoms with Gasteiger partial charge in [0, 0.05) is 18.0 Å². The second-order valence-corrected chi connectivity index (χ2v) is 6.55. The minimum Gasteiger partial charge on any atom is -0.363 e. The molecule has 1 aromatic carbocycles. The van der Waals surface area contributed by atoms with E-state index in [9.17, 15) is 41.0 Å². The minimum atomic E-state index is -5.52. The first-order chi connectivity index (χ1) is 13.8. The van der Waals surface area contributed by atoms with Crippen LogP contribution in [0, 0.1) is 5.92 Å². The minimum absolute atomic E-state index is 0.333. The number of amides is 2. The highest BCUT2D eigenvalue weighted by Crippen LogP contribution is 2.44. The van der Waals surface area contributed by atoms with Gasteiger partial charge in [-0.3, -0.25) is 9.78 Å². The Morgan fingerprint density at radius 3 is 2.37 bits per heavy atom. The van der Waals surface area contributed by atoms with Gasteiger partial charge in [-0.15, -0.1) is 0 Å². The summed E-state index contributed by atoms with van der Waals surface area (Å²) in [5.74, 6) is -3.72. The van der Waals surface area contributed by atoms with Crippen LogP contribution >= 0.6 is 0 Å². The molecule has 1 aromatic heterocycles. The number of pyridine rings is 1. The molecule has 0 saturated carbocycles. The number of ketones is 1. The van der Waals surface area contributed by atoms with E-state index in [0.29, 0.717) is 12.1 Å². The number of alkyl halides is 6. The van der Waals surface area contributed by atoms with Crippen LogP contribution in [0.15, 0.2) is 48.8 Å². The molecule has 6 nitrogen and oxygen atoms in total. The number of Topliss-reactive ketones (excluding diaryl/α,β-unsaturated/α-hetero) is 1. The van der Waals surface area contributed by atoms with Gasteiger partial charge in [0.05, 0.1) is 11.6 Å². The summed E-state index contributed by atoms with van der Waals surface area (Å²) in [6.45, 7) is 0. The zero-order chi connectivity index (χ0) is 22.3. The van der Waals surface area contributed by atoms with Crippen LogP contribution in [0.4, 0.5) is 31.1 Å². The fraction of sp³-hybridized carbons (Fsp3) is 0.278. The van der Waals surface area contributed by atoms with Crippen molar-refractivity contribution in [2.75, 3.05) is 0 Å². The van der Waals surface area contributed by atoms with Crippen molar-refractivity contribution in [3.63, 3.8) is 0 Å². The number of carbonyl (C=O) groups excluding carboxylic acids is 2. The van der Waals surface area contributed by atoms with E-state index in [1.54, 1.807) is 0 Å². The number of nitrogens with zero attached hydrogens (tertiary/aromatic N) is 1. The van der Waals surface area contributed by atoms with Gasteiger partial charge in [0.1, 0.15) is 5.92 Å². The Kier molecular flexibility index (Phi) is 5.23. The number of nitrogens with one attached hydrogen (secondary N) is 2. The third-order valence-corrected chi connectivity index (χ3v) is 4.61. The Hall–Kier alpha value is -3.15. The standard InChI is InChI=1S/C18H13F6N3O3/c19-17(20,21)11-5-1-3-9(7-11)13-12(14(28)10-4-2-6-25-8-10)16(30,18(22,23)24)27-15(29)26-13/h1-8,12-13,30H,(H2,26,27,29)/t12-,13+,16+/m0/s1. The van der Waals surface area contributed by atoms with E-state index >= 15 is 0 Å². The molecule has 2 heterocycles. The molecule has 1 saturated heterocycles. The summed E-state index contributed by atoms with van der Waals surface area (Å²) >= 11 is 0. The van der Waals surface area contributed by atoms with Crippen molar-refractivity contribution in [1.29, 1.82) is 0 Å². The lowest BCUT2D eigenvalue weighted by Crippen LogP contribution is -2.72. The number of carbonyl (C=O) groups is 2. The summed E-state index contributed by atoms with van der Waals surface area (Å²) < 4.78 is 80.4. The summed E-state index contributed by atoms with van der Waals surface area (Å²) in [5, 5.41) is 13.7. The molecule has 30 heavy (non-hydrogen) atoms. The molecule has 0 spiro atoms. The molecule has 1 fully saturated rings. The van der Waals surface area contributed by atoms with Crippen molar-refractivity contribution >= 4 is 11.8 Å². The fourth-order valence-corrected chi connectivity index (χ4v) is 3.21. The van der Waals surface area contributed by atoms with E-state index < -0.39 is 53.0 Å². The zero-order valence-corrected chi connectivity index (χ0v) is 14.8. The molecule has 3 rings (SSSR count). The Labute approximate surface area is 164 Å². The molecule has 2 aromatic rings. The molecule has 0 unspecified atom stereocenters. The number of aromatic nitrogens is 1. The van der Waals surface area contributed by atoms with Crippen molar-refractivity contribution in [3.05, 3.63) is 65.5 Å². The van der Waals surface area contributed by atoms with Crippen LogP contribution < -0.4 is 10.6 Å². The summed E-state index contributed by atoms with van der Waals surface area (Å²) in [6.07, 6.45) is -8.15. The topological polar surface area (TPSA) is 91.3 Å². The number of hydrogen-bond donors (Lipinski definition) is 3. The van der Waals surface area contributed by atoms with E-state index in [2.05, 4.69) is 4.98 Å². The highest BCUT2D eigenvalue weighted by molar-refractivity contribution is 6.00. The van der Waals surface area contributed by atoms with Gasteiger partial charge in [-0.25, -0.2) is 4.79 Å². The van der Waals surface area contributed by atoms with Gasteiger partial charge in [0.15, 0.2) is 5.78 Å². The monoisotopic (exact) mass is 433 g/mol. The van der Waals surface area contributed by atoms with Crippen LogP contribution in [0.5, 0.6) is 0 Å². The van der Waals surface area contributed by atoms with Crippen molar-refractivity contribution in [2.45, 2.75) is 24.1 Å². The van der Waals surface area contributed by atoms with E-state index in [1.165, 1.54) is 17.6 Å². The molecule has 0 bridgehead atoms. The average molecular weight is 433 g/mol. The summed E-state index contributed by atoms with van der Waals surface area (Å²) in [6, 6.07) is 2.10. The Morgan fingerprint density at radius 2 is 1.80 bits per heavy atom. The van der Waals surface area contributed by atoms with Crippen molar-refractivity contribution in [1.82, 2.24) is 15.6 Å². The van der Waals surface area contributed by atoms with Crippen LogP contribution in [-0.2, 0) is 6.18 Å². The molecule has 0 radical (unpaired) electrons. The number of rotatable bonds is 3. The summed E-state index contributed by atoms with van der Waals surface area (Å²) in [7, 11) is 0. The lowest BCUT2D eigenvalue weighted by atomic mass is 9.77. The third-order valence-electron chi connectivity index (χ3n) is 4.61. The first-order valence-electron chi connectivity index (χ1n) is 8.34. The highest BCUT2D eigenvalue weighted by atomic mass is 19.4. The number of aliphatic hydroxyl groups is 1. The molecule has 12 heteroatoms. The fourth-order valence-electron chi connectivity index (χ4n) is 3.21.